The summed E-state index contributed by atoms with van der Waals surface area (Å²) in [5.41, 5.74) is 1.09. The van der Waals surface area contributed by atoms with Gasteiger partial charge in [0.15, 0.2) is 0 Å². The topological polar surface area (TPSA) is 50.4 Å². The van der Waals surface area contributed by atoms with E-state index in [0.717, 1.165) is 36.0 Å². The number of piperidine rings is 1. The lowest BCUT2D eigenvalue weighted by Crippen LogP contribution is -2.33. The summed E-state index contributed by atoms with van der Waals surface area (Å²) in [6.45, 7) is 4.52. The van der Waals surface area contributed by atoms with E-state index in [1.165, 1.54) is 0 Å². The van der Waals surface area contributed by atoms with E-state index in [9.17, 15) is 4.79 Å². The predicted molar refractivity (Wildman–Crippen MR) is 87.2 cm³/mol. The molecule has 2 rings (SSSR count). The molecule has 1 saturated heterocycles. The smallest absolute Gasteiger partial charge is 0.222 e. The Morgan fingerprint density at radius 3 is 2.95 bits per heavy atom. The molecule has 0 aromatic heterocycles. The summed E-state index contributed by atoms with van der Waals surface area (Å²) in [5, 5.41) is 6.31. The van der Waals surface area contributed by atoms with Crippen molar-refractivity contribution in [2.24, 2.45) is 0 Å². The Hall–Kier alpha value is -0.910. The zero-order valence-corrected chi connectivity index (χ0v) is 14.0. The second-order valence-corrected chi connectivity index (χ2v) is 6.33. The molecule has 0 aliphatic carbocycles. The lowest BCUT2D eigenvalue weighted by molar-refractivity contribution is -0.123. The van der Waals surface area contributed by atoms with Crippen LogP contribution in [0.4, 0.5) is 0 Å². The number of hydrogen-bond donors (Lipinski definition) is 2. The number of carbonyl (C=O) groups excluding carboxylic acids is 1. The van der Waals surface area contributed by atoms with Crippen molar-refractivity contribution in [2.45, 2.75) is 38.3 Å². The van der Waals surface area contributed by atoms with Gasteiger partial charge in [-0.05, 0) is 50.6 Å². The molecule has 4 nitrogen and oxygen atoms in total. The van der Waals surface area contributed by atoms with Crippen molar-refractivity contribution in [1.29, 1.82) is 0 Å². The number of amides is 1. The number of carbonyl (C=O) groups is 1. The summed E-state index contributed by atoms with van der Waals surface area (Å²) in [5.74, 6) is 0.0383. The molecule has 1 heterocycles. The van der Waals surface area contributed by atoms with Crippen LogP contribution in [0.15, 0.2) is 28.7 Å². The summed E-state index contributed by atoms with van der Waals surface area (Å²) in [4.78, 5) is 11.9. The molecule has 1 fully saturated rings. The van der Waals surface area contributed by atoms with Crippen molar-refractivity contribution in [3.8, 4) is 0 Å². The van der Waals surface area contributed by atoms with E-state index in [4.69, 9.17) is 4.74 Å². The van der Waals surface area contributed by atoms with Gasteiger partial charge >= 0.3 is 0 Å². The van der Waals surface area contributed by atoms with Gasteiger partial charge in [0, 0.05) is 10.9 Å². The number of nitrogens with one attached hydrogen (secondary N) is 2. The van der Waals surface area contributed by atoms with Crippen molar-refractivity contribution in [3.63, 3.8) is 0 Å². The highest BCUT2D eigenvalue weighted by Gasteiger charge is 2.14. The first kappa shape index (κ1) is 16.5. The third-order valence-electron chi connectivity index (χ3n) is 3.70. The van der Waals surface area contributed by atoms with Crippen molar-refractivity contribution in [3.05, 3.63) is 34.3 Å². The number of benzene rings is 1. The van der Waals surface area contributed by atoms with Crippen LogP contribution in [0.3, 0.4) is 0 Å². The highest BCUT2D eigenvalue weighted by Crippen LogP contribution is 2.17. The van der Waals surface area contributed by atoms with Crippen LogP contribution in [0.2, 0.25) is 0 Å². The number of rotatable bonds is 6. The minimum atomic E-state index is 0.00822. The van der Waals surface area contributed by atoms with Gasteiger partial charge in [-0.2, -0.15) is 0 Å². The molecule has 21 heavy (non-hydrogen) atoms. The first-order valence-corrected chi connectivity index (χ1v) is 8.31. The summed E-state index contributed by atoms with van der Waals surface area (Å²) < 4.78 is 6.78. The lowest BCUT2D eigenvalue weighted by atomic mass is 10.1. The monoisotopic (exact) mass is 354 g/mol. The molecule has 1 aromatic carbocycles. The van der Waals surface area contributed by atoms with E-state index in [-0.39, 0.29) is 11.9 Å². The van der Waals surface area contributed by atoms with Gasteiger partial charge in [-0.15, -0.1) is 0 Å². The van der Waals surface area contributed by atoms with Crippen molar-refractivity contribution >= 4 is 21.8 Å². The Morgan fingerprint density at radius 2 is 2.24 bits per heavy atom. The maximum absolute atomic E-state index is 11.9. The van der Waals surface area contributed by atoms with Gasteiger partial charge in [0.2, 0.25) is 5.91 Å². The van der Waals surface area contributed by atoms with Gasteiger partial charge in [0.25, 0.3) is 0 Å². The Kier molecular flexibility index (Phi) is 6.67. The van der Waals surface area contributed by atoms with Gasteiger partial charge in [0.05, 0.1) is 18.8 Å². The fourth-order valence-electron chi connectivity index (χ4n) is 2.45. The highest BCUT2D eigenvalue weighted by atomic mass is 79.9. The fraction of sp³-hybridized carbons (Fsp3) is 0.562. The average molecular weight is 355 g/mol. The molecule has 116 valence electrons. The molecule has 1 aliphatic heterocycles. The van der Waals surface area contributed by atoms with Crippen LogP contribution < -0.4 is 10.6 Å². The largest absolute Gasteiger partial charge is 0.378 e. The normalized spacial score (nSPS) is 17.4. The van der Waals surface area contributed by atoms with Crippen LogP contribution >= 0.6 is 15.9 Å². The van der Waals surface area contributed by atoms with Crippen molar-refractivity contribution in [1.82, 2.24) is 10.6 Å². The second-order valence-electron chi connectivity index (χ2n) is 5.41. The number of halogens is 1. The molecule has 0 saturated carbocycles. The summed E-state index contributed by atoms with van der Waals surface area (Å²) >= 11 is 3.44. The molecule has 0 spiro atoms. The zero-order chi connectivity index (χ0) is 15.1. The van der Waals surface area contributed by atoms with E-state index in [1.54, 1.807) is 0 Å². The first-order valence-electron chi connectivity index (χ1n) is 7.52. The molecule has 1 aromatic rings. The fourth-order valence-corrected chi connectivity index (χ4v) is 2.87. The van der Waals surface area contributed by atoms with Crippen LogP contribution in [-0.2, 0) is 9.53 Å². The second kappa shape index (κ2) is 8.51. The maximum atomic E-state index is 11.9. The molecule has 1 aliphatic rings. The Balaban J connectivity index is 1.69. The molecule has 2 N–H and O–H groups in total. The highest BCUT2D eigenvalue weighted by molar-refractivity contribution is 9.10. The Labute approximate surface area is 134 Å². The first-order chi connectivity index (χ1) is 10.1. The standard InChI is InChI=1S/C16H23BrN2O2/c1-12(13-3-2-4-14(17)11-13)19-16(20)7-10-21-15-5-8-18-9-6-15/h2-4,11-12,15,18H,5-10H2,1H3,(H,19,20)/t12-/m1/s1. The molecule has 0 unspecified atom stereocenters. The molecular formula is C16H23BrN2O2. The number of ether oxygens (including phenoxy) is 1. The van der Waals surface area contributed by atoms with E-state index < -0.39 is 0 Å². The van der Waals surface area contributed by atoms with Crippen molar-refractivity contribution < 1.29 is 9.53 Å². The zero-order valence-electron chi connectivity index (χ0n) is 12.4. The molecule has 0 bridgehead atoms. The summed E-state index contributed by atoms with van der Waals surface area (Å²) in [6.07, 6.45) is 2.80. The summed E-state index contributed by atoms with van der Waals surface area (Å²) in [6, 6.07) is 8.00. The summed E-state index contributed by atoms with van der Waals surface area (Å²) in [7, 11) is 0. The Morgan fingerprint density at radius 1 is 1.48 bits per heavy atom. The third-order valence-corrected chi connectivity index (χ3v) is 4.19. The van der Waals surface area contributed by atoms with Crippen LogP contribution in [0.5, 0.6) is 0 Å². The maximum Gasteiger partial charge on any atom is 0.222 e. The van der Waals surface area contributed by atoms with Crippen LogP contribution in [0.25, 0.3) is 0 Å². The number of hydrogen-bond acceptors (Lipinski definition) is 3. The van der Waals surface area contributed by atoms with E-state index >= 15 is 0 Å². The van der Waals surface area contributed by atoms with Gasteiger partial charge in [-0.25, -0.2) is 0 Å². The van der Waals surface area contributed by atoms with Crippen molar-refractivity contribution in [2.75, 3.05) is 19.7 Å². The molecule has 5 heteroatoms. The molecule has 1 atom stereocenters. The SMILES string of the molecule is C[C@@H](NC(=O)CCOC1CCNCC1)c1cccc(Br)c1. The van der Waals surface area contributed by atoms with Gasteiger partial charge in [0.1, 0.15) is 0 Å². The van der Waals surface area contributed by atoms with Crippen LogP contribution in [0, 0.1) is 0 Å². The minimum Gasteiger partial charge on any atom is -0.378 e. The van der Waals surface area contributed by atoms with Crippen LogP contribution in [-0.4, -0.2) is 31.7 Å². The van der Waals surface area contributed by atoms with Gasteiger partial charge in [-0.1, -0.05) is 28.1 Å². The molecular weight excluding hydrogens is 332 g/mol. The van der Waals surface area contributed by atoms with E-state index in [1.807, 2.05) is 31.2 Å². The third kappa shape index (κ3) is 5.77. The van der Waals surface area contributed by atoms with E-state index in [0.29, 0.717) is 19.1 Å². The molecule has 0 radical (unpaired) electrons. The van der Waals surface area contributed by atoms with Crippen LogP contribution in [0.1, 0.15) is 37.8 Å². The van der Waals surface area contributed by atoms with Gasteiger partial charge in [-0.3, -0.25) is 4.79 Å². The van der Waals surface area contributed by atoms with Gasteiger partial charge < -0.3 is 15.4 Å². The quantitative estimate of drug-likeness (QED) is 0.825. The minimum absolute atomic E-state index is 0.00822. The molecule has 1 amide bonds. The van der Waals surface area contributed by atoms with E-state index in [2.05, 4.69) is 26.6 Å². The lowest BCUT2D eigenvalue weighted by Gasteiger charge is -2.23. The Bertz CT molecular complexity index is 461. The predicted octanol–water partition coefficient (Wildman–Crippen LogP) is 2.79. The average Bonchev–Trinajstić information content (AvgIpc) is 2.48.